The van der Waals surface area contributed by atoms with Crippen LogP contribution >= 0.6 is 0 Å². The topological polar surface area (TPSA) is 44.8 Å². The van der Waals surface area contributed by atoms with E-state index in [1.54, 1.807) is 0 Å². The van der Waals surface area contributed by atoms with Crippen LogP contribution in [0.3, 0.4) is 0 Å². The molecule has 0 N–H and O–H groups in total. The Hall–Kier alpha value is -0.233. The summed E-state index contributed by atoms with van der Waals surface area (Å²) in [7, 11) is -2.49. The van der Waals surface area contributed by atoms with Crippen LogP contribution in [0.1, 0.15) is 53.4 Å². The van der Waals surface area contributed by atoms with Crippen LogP contribution in [0.4, 0.5) is 0 Å². The van der Waals surface area contributed by atoms with Crippen LogP contribution in [-0.2, 0) is 18.1 Å². The second-order valence-corrected chi connectivity index (χ2v) is 6.81. The summed E-state index contributed by atoms with van der Waals surface area (Å²) >= 11 is 0. The Morgan fingerprint density at radius 1 is 0.889 bits per heavy atom. The zero-order chi connectivity index (χ0) is 13.9. The average molecular weight is 276 g/mol. The first kappa shape index (κ1) is 17.8. The number of hydrogen-bond acceptors (Lipinski definition) is 4. The summed E-state index contributed by atoms with van der Waals surface area (Å²) < 4.78 is 17.3. The number of rotatable bonds is 12. The highest BCUT2D eigenvalue weighted by Gasteiger charge is 2.39. The van der Waals surface area contributed by atoms with E-state index in [0.717, 1.165) is 18.9 Å². The van der Waals surface area contributed by atoms with Crippen LogP contribution in [0.15, 0.2) is 0 Å². The molecule has 0 bridgehead atoms. The lowest BCUT2D eigenvalue weighted by atomic mass is 10.1. The van der Waals surface area contributed by atoms with E-state index in [0.29, 0.717) is 38.4 Å². The van der Waals surface area contributed by atoms with Gasteiger partial charge in [-0.15, -0.1) is 0 Å². The van der Waals surface area contributed by atoms with E-state index in [2.05, 4.69) is 0 Å². The first-order valence-electron chi connectivity index (χ1n) is 7.07. The predicted octanol–water partition coefficient (Wildman–Crippen LogP) is 3.18. The van der Waals surface area contributed by atoms with Gasteiger partial charge in [-0.05, 0) is 33.6 Å². The summed E-state index contributed by atoms with van der Waals surface area (Å²) in [6, 6.07) is 0.805. The van der Waals surface area contributed by atoms with Crippen LogP contribution in [-0.4, -0.2) is 34.4 Å². The summed E-state index contributed by atoms with van der Waals surface area (Å²) in [5.74, 6) is 0.325. The van der Waals surface area contributed by atoms with Gasteiger partial charge in [0.15, 0.2) is 0 Å². The molecule has 0 spiro atoms. The van der Waals surface area contributed by atoms with Gasteiger partial charge in [0.25, 0.3) is 0 Å². The molecule has 0 aliphatic heterocycles. The molecule has 0 radical (unpaired) electrons. The van der Waals surface area contributed by atoms with E-state index in [1.807, 2.05) is 27.7 Å². The van der Waals surface area contributed by atoms with E-state index in [1.165, 1.54) is 0 Å². The summed E-state index contributed by atoms with van der Waals surface area (Å²) in [6.45, 7) is 9.61. The third kappa shape index (κ3) is 7.26. The van der Waals surface area contributed by atoms with Crippen molar-refractivity contribution in [2.45, 2.75) is 59.4 Å². The zero-order valence-electron chi connectivity index (χ0n) is 12.3. The SMILES string of the molecule is CCO[Si](CCCCC(=O)CC)(OCC)OCC. The predicted molar refractivity (Wildman–Crippen MR) is 74.6 cm³/mol. The molecule has 0 aromatic rings. The van der Waals surface area contributed by atoms with Gasteiger partial charge in [-0.1, -0.05) is 6.92 Å². The maximum absolute atomic E-state index is 11.2. The van der Waals surface area contributed by atoms with Crippen molar-refractivity contribution in [3.05, 3.63) is 0 Å². The Labute approximate surface area is 112 Å². The molecule has 0 aromatic heterocycles. The van der Waals surface area contributed by atoms with Crippen molar-refractivity contribution >= 4 is 14.6 Å². The lowest BCUT2D eigenvalue weighted by Crippen LogP contribution is -2.45. The van der Waals surface area contributed by atoms with Crippen molar-refractivity contribution in [2.75, 3.05) is 19.8 Å². The monoisotopic (exact) mass is 276 g/mol. The lowest BCUT2D eigenvalue weighted by Gasteiger charge is -2.28. The number of ketones is 1. The van der Waals surface area contributed by atoms with E-state index in [4.69, 9.17) is 13.3 Å². The number of unbranched alkanes of at least 4 members (excludes halogenated alkanes) is 1. The van der Waals surface area contributed by atoms with Gasteiger partial charge in [-0.3, -0.25) is 4.79 Å². The minimum absolute atomic E-state index is 0.325. The number of hydrogen-bond donors (Lipinski definition) is 0. The van der Waals surface area contributed by atoms with E-state index < -0.39 is 8.80 Å². The molecule has 0 amide bonds. The van der Waals surface area contributed by atoms with E-state index >= 15 is 0 Å². The highest BCUT2D eigenvalue weighted by Crippen LogP contribution is 2.20. The Morgan fingerprint density at radius 3 is 1.78 bits per heavy atom. The number of carbonyl (C=O) groups excluding carboxylic acids is 1. The summed E-state index contributed by atoms with van der Waals surface area (Å²) in [6.07, 6.45) is 3.11. The molecule has 0 saturated carbocycles. The third-order valence-corrected chi connectivity index (χ3v) is 5.83. The van der Waals surface area contributed by atoms with Crippen molar-refractivity contribution in [3.63, 3.8) is 0 Å². The fourth-order valence-electron chi connectivity index (χ4n) is 1.84. The molecule has 0 unspecified atom stereocenters. The van der Waals surface area contributed by atoms with Crippen molar-refractivity contribution in [1.29, 1.82) is 0 Å². The maximum atomic E-state index is 11.2. The van der Waals surface area contributed by atoms with Crippen LogP contribution in [0.2, 0.25) is 6.04 Å². The molecule has 5 heteroatoms. The highest BCUT2D eigenvalue weighted by molar-refractivity contribution is 6.60. The molecule has 4 nitrogen and oxygen atoms in total. The van der Waals surface area contributed by atoms with Gasteiger partial charge in [-0.2, -0.15) is 0 Å². The van der Waals surface area contributed by atoms with E-state index in [-0.39, 0.29) is 0 Å². The molecule has 0 aromatic carbocycles. The molecule has 108 valence electrons. The van der Waals surface area contributed by atoms with Gasteiger partial charge >= 0.3 is 8.80 Å². The Kier molecular flexibility index (Phi) is 10.5. The maximum Gasteiger partial charge on any atom is 0.500 e. The van der Waals surface area contributed by atoms with Crippen LogP contribution in [0, 0.1) is 0 Å². The fourth-order valence-corrected chi connectivity index (χ4v) is 4.53. The smallest absolute Gasteiger partial charge is 0.374 e. The number of Topliss-reactive ketones (excluding diaryl/α,β-unsaturated/α-hetero) is 1. The highest BCUT2D eigenvalue weighted by atomic mass is 28.4. The van der Waals surface area contributed by atoms with Gasteiger partial charge in [0.05, 0.1) is 0 Å². The molecular formula is C13H28O4Si. The quantitative estimate of drug-likeness (QED) is 0.406. The third-order valence-electron chi connectivity index (χ3n) is 2.68. The minimum Gasteiger partial charge on any atom is -0.374 e. The first-order chi connectivity index (χ1) is 8.64. The molecule has 0 saturated heterocycles. The molecule has 18 heavy (non-hydrogen) atoms. The normalized spacial score (nSPS) is 11.8. The zero-order valence-corrected chi connectivity index (χ0v) is 13.3. The van der Waals surface area contributed by atoms with Crippen molar-refractivity contribution in [3.8, 4) is 0 Å². The standard InChI is InChI=1S/C13H28O4Si/c1-5-13(14)11-9-10-12-18(15-6-2,16-7-3)17-8-4/h5-12H2,1-4H3. The molecule has 0 aliphatic carbocycles. The van der Waals surface area contributed by atoms with Gasteiger partial charge in [-0.25, -0.2) is 0 Å². The minimum atomic E-state index is -2.49. The summed E-state index contributed by atoms with van der Waals surface area (Å²) in [5.41, 5.74) is 0. The largest absolute Gasteiger partial charge is 0.500 e. The molecule has 0 atom stereocenters. The van der Waals surface area contributed by atoms with Crippen LogP contribution < -0.4 is 0 Å². The summed E-state index contributed by atoms with van der Waals surface area (Å²) in [5, 5.41) is 0. The number of carbonyl (C=O) groups is 1. The van der Waals surface area contributed by atoms with Crippen molar-refractivity contribution in [2.24, 2.45) is 0 Å². The van der Waals surface area contributed by atoms with Gasteiger partial charge in [0, 0.05) is 38.7 Å². The Bertz CT molecular complexity index is 204. The molecular weight excluding hydrogens is 248 g/mol. The second-order valence-electron chi connectivity index (χ2n) is 4.08. The summed E-state index contributed by atoms with van der Waals surface area (Å²) in [4.78, 5) is 11.2. The molecule has 0 aliphatic rings. The van der Waals surface area contributed by atoms with Crippen molar-refractivity contribution < 1.29 is 18.1 Å². The Morgan fingerprint density at radius 2 is 1.39 bits per heavy atom. The lowest BCUT2D eigenvalue weighted by molar-refractivity contribution is -0.118. The van der Waals surface area contributed by atoms with Gasteiger partial charge in [0.1, 0.15) is 5.78 Å². The molecule has 0 rings (SSSR count). The first-order valence-corrected chi connectivity index (χ1v) is 9.00. The van der Waals surface area contributed by atoms with Crippen molar-refractivity contribution in [1.82, 2.24) is 0 Å². The molecule has 0 heterocycles. The van der Waals surface area contributed by atoms with Crippen LogP contribution in [0.5, 0.6) is 0 Å². The fraction of sp³-hybridized carbons (Fsp3) is 0.923. The average Bonchev–Trinajstić information content (AvgIpc) is 2.35. The molecule has 0 fully saturated rings. The van der Waals surface area contributed by atoms with Gasteiger partial charge < -0.3 is 13.3 Å². The van der Waals surface area contributed by atoms with Gasteiger partial charge in [0.2, 0.25) is 0 Å². The van der Waals surface area contributed by atoms with Crippen LogP contribution in [0.25, 0.3) is 0 Å². The second kappa shape index (κ2) is 10.7. The van der Waals surface area contributed by atoms with E-state index in [9.17, 15) is 4.79 Å². The Balaban J connectivity index is 4.16.